The maximum absolute atomic E-state index is 13.3. The van der Waals surface area contributed by atoms with E-state index in [1.165, 1.54) is 12.2 Å². The highest BCUT2D eigenvalue weighted by Crippen LogP contribution is 2.27. The van der Waals surface area contributed by atoms with Crippen molar-refractivity contribution in [2.24, 2.45) is 0 Å². The van der Waals surface area contributed by atoms with Gasteiger partial charge in [-0.2, -0.15) is 4.39 Å². The van der Waals surface area contributed by atoms with Gasteiger partial charge in [-0.05, 0) is 12.2 Å². The second-order valence-electron chi connectivity index (χ2n) is 4.79. The molecule has 24 heavy (non-hydrogen) atoms. The molecule has 0 fully saturated rings. The van der Waals surface area contributed by atoms with Gasteiger partial charge in [-0.1, -0.05) is 0 Å². The largest absolute Gasteiger partial charge is 0.381 e. The molecule has 0 bridgehead atoms. The number of nitro groups is 1. The number of rotatable bonds is 2. The van der Waals surface area contributed by atoms with E-state index in [2.05, 4.69) is 5.48 Å². The Morgan fingerprint density at radius 3 is 2.67 bits per heavy atom. The van der Waals surface area contributed by atoms with Crippen LogP contribution in [0.4, 0.5) is 4.39 Å². The summed E-state index contributed by atoms with van der Waals surface area (Å²) < 4.78 is 13.3. The summed E-state index contributed by atoms with van der Waals surface area (Å²) in [4.78, 5) is 38.0. The molecule has 10 heteroatoms. The van der Waals surface area contributed by atoms with Crippen molar-refractivity contribution in [2.45, 2.75) is 0 Å². The first-order valence-electron chi connectivity index (χ1n) is 6.46. The molecule has 1 aliphatic carbocycles. The molecule has 2 N–H and O–H groups in total. The Morgan fingerprint density at radius 1 is 1.25 bits per heavy atom. The van der Waals surface area contributed by atoms with E-state index in [0.717, 1.165) is 24.4 Å². The van der Waals surface area contributed by atoms with Crippen molar-refractivity contribution in [3.05, 3.63) is 80.9 Å². The number of hydroxylamine groups is 3. The third-order valence-corrected chi connectivity index (χ3v) is 3.26. The third-order valence-electron chi connectivity index (χ3n) is 3.26. The fraction of sp³-hybridized carbons (Fsp3) is 0. The van der Waals surface area contributed by atoms with E-state index in [0.29, 0.717) is 0 Å². The number of nitrogens with one attached hydrogen (secondary N) is 1. The molecule has 0 saturated heterocycles. The lowest BCUT2D eigenvalue weighted by Gasteiger charge is -2.13. The third kappa shape index (κ3) is 2.61. The molecule has 0 unspecified atom stereocenters. The van der Waals surface area contributed by atoms with Crippen LogP contribution in [0.1, 0.15) is 0 Å². The van der Waals surface area contributed by atoms with Crippen molar-refractivity contribution in [1.82, 2.24) is 10.5 Å². The zero-order valence-electron chi connectivity index (χ0n) is 11.7. The Morgan fingerprint density at radius 2 is 2.00 bits per heavy atom. The Hall–Kier alpha value is -3.53. The number of hydrogen-bond acceptors (Lipinski definition) is 8. The van der Waals surface area contributed by atoms with Crippen molar-refractivity contribution in [3.8, 4) is 0 Å². The van der Waals surface area contributed by atoms with Crippen molar-refractivity contribution >= 4 is 11.6 Å². The molecule has 0 aromatic heterocycles. The standard InChI is InChI=1S/C14H8FN3O6/c15-13-5-7(1-2-17(13)21)12-6-9(16-24-12)8-3-10(18(22)23)14(20)11(19)4-8/h1-6,16,21H/b12-7-. The van der Waals surface area contributed by atoms with Gasteiger partial charge in [0.05, 0.1) is 10.6 Å². The van der Waals surface area contributed by atoms with Gasteiger partial charge in [0.25, 0.3) is 0 Å². The minimum Gasteiger partial charge on any atom is -0.381 e. The van der Waals surface area contributed by atoms with Crippen molar-refractivity contribution < 1.29 is 28.9 Å². The predicted octanol–water partition coefficient (Wildman–Crippen LogP) is 0.927. The van der Waals surface area contributed by atoms with Crippen LogP contribution in [0.2, 0.25) is 0 Å². The molecule has 0 atom stereocenters. The smallest absolute Gasteiger partial charge is 0.321 e. The van der Waals surface area contributed by atoms with E-state index in [-0.39, 0.29) is 27.7 Å². The Kier molecular flexibility index (Phi) is 3.58. The van der Waals surface area contributed by atoms with Crippen molar-refractivity contribution in [3.63, 3.8) is 0 Å². The average Bonchev–Trinajstić information content (AvgIpc) is 3.02. The highest BCUT2D eigenvalue weighted by Gasteiger charge is 2.33. The highest BCUT2D eigenvalue weighted by molar-refractivity contribution is 6.47. The molecule has 0 spiro atoms. The first-order chi connectivity index (χ1) is 11.4. The maximum atomic E-state index is 13.3. The molecular weight excluding hydrogens is 325 g/mol. The van der Waals surface area contributed by atoms with E-state index in [1.807, 2.05) is 0 Å². The number of carbonyl (C=O) groups excluding carboxylic acids is 2. The van der Waals surface area contributed by atoms with Crippen molar-refractivity contribution in [2.75, 3.05) is 0 Å². The van der Waals surface area contributed by atoms with Crippen LogP contribution < -0.4 is 5.48 Å². The first kappa shape index (κ1) is 15.4. The Labute approximate surface area is 133 Å². The minimum atomic E-state index is -1.20. The van der Waals surface area contributed by atoms with E-state index < -0.39 is 28.1 Å². The van der Waals surface area contributed by atoms with Gasteiger partial charge in [0.1, 0.15) is 0 Å². The van der Waals surface area contributed by atoms with Gasteiger partial charge in [0.2, 0.25) is 11.7 Å². The summed E-state index contributed by atoms with van der Waals surface area (Å²) in [6.45, 7) is 0. The molecule has 122 valence electrons. The molecule has 3 aliphatic rings. The van der Waals surface area contributed by atoms with Crippen LogP contribution in [0.5, 0.6) is 0 Å². The number of carbonyl (C=O) groups is 2. The summed E-state index contributed by atoms with van der Waals surface area (Å²) in [6.07, 6.45) is 6.68. The topological polar surface area (TPSA) is 122 Å². The van der Waals surface area contributed by atoms with Crippen LogP contribution in [-0.4, -0.2) is 26.8 Å². The van der Waals surface area contributed by atoms with Crippen molar-refractivity contribution in [1.29, 1.82) is 0 Å². The monoisotopic (exact) mass is 333 g/mol. The number of nitrogens with zero attached hydrogens (tertiary/aromatic N) is 2. The van der Waals surface area contributed by atoms with Gasteiger partial charge >= 0.3 is 11.5 Å². The molecule has 2 aliphatic heterocycles. The van der Waals surface area contributed by atoms with E-state index in [9.17, 15) is 24.1 Å². The number of hydrogen-bond donors (Lipinski definition) is 2. The molecule has 0 saturated carbocycles. The van der Waals surface area contributed by atoms with Gasteiger partial charge in [0, 0.05) is 35.6 Å². The average molecular weight is 333 g/mol. The molecule has 0 aromatic rings. The lowest BCUT2D eigenvalue weighted by atomic mass is 9.99. The van der Waals surface area contributed by atoms with E-state index in [4.69, 9.17) is 10.0 Å². The number of Topliss-reactive ketones (excluding diaryl/α,β-unsaturated/α-hetero) is 1. The molecule has 0 amide bonds. The van der Waals surface area contributed by atoms with Gasteiger partial charge in [-0.25, -0.2) is 10.5 Å². The summed E-state index contributed by atoms with van der Waals surface area (Å²) in [5.41, 5.74) is 2.13. The van der Waals surface area contributed by atoms with Gasteiger partial charge in [-0.3, -0.25) is 24.9 Å². The van der Waals surface area contributed by atoms with Crippen LogP contribution in [0, 0.1) is 10.1 Å². The maximum Gasteiger partial charge on any atom is 0.321 e. The highest BCUT2D eigenvalue weighted by atomic mass is 19.1. The Bertz CT molecular complexity index is 862. The normalized spacial score (nSPS) is 23.2. The van der Waals surface area contributed by atoms with Crippen LogP contribution in [0.15, 0.2) is 70.8 Å². The summed E-state index contributed by atoms with van der Waals surface area (Å²) in [6, 6.07) is 0. The Balaban J connectivity index is 1.96. The van der Waals surface area contributed by atoms with Gasteiger partial charge in [-0.15, -0.1) is 0 Å². The molecular formula is C14H8FN3O6. The number of ketones is 2. The van der Waals surface area contributed by atoms with Crippen LogP contribution in [-0.2, 0) is 14.4 Å². The van der Waals surface area contributed by atoms with E-state index >= 15 is 0 Å². The molecule has 9 nitrogen and oxygen atoms in total. The second-order valence-corrected chi connectivity index (χ2v) is 4.79. The zero-order chi connectivity index (χ0) is 17.4. The van der Waals surface area contributed by atoms with Crippen LogP contribution in [0.3, 0.4) is 0 Å². The van der Waals surface area contributed by atoms with Crippen LogP contribution >= 0.6 is 0 Å². The number of allylic oxidation sites excluding steroid dienone is 7. The molecule has 0 radical (unpaired) electrons. The fourth-order valence-corrected chi connectivity index (χ4v) is 2.08. The van der Waals surface area contributed by atoms with Gasteiger partial charge in [0.15, 0.2) is 5.76 Å². The lowest BCUT2D eigenvalue weighted by molar-refractivity contribution is -0.418. The number of halogens is 1. The molecule has 0 aromatic carbocycles. The predicted molar refractivity (Wildman–Crippen MR) is 74.5 cm³/mol. The summed E-state index contributed by atoms with van der Waals surface area (Å²) in [5, 5.41) is 20.2. The quantitative estimate of drug-likeness (QED) is 0.252. The molecule has 2 heterocycles. The van der Waals surface area contributed by atoms with Crippen LogP contribution in [0.25, 0.3) is 0 Å². The second kappa shape index (κ2) is 5.59. The summed E-state index contributed by atoms with van der Waals surface area (Å²) >= 11 is 0. The summed E-state index contributed by atoms with van der Waals surface area (Å²) in [5.74, 6) is -3.00. The van der Waals surface area contributed by atoms with Gasteiger partial charge < -0.3 is 4.84 Å². The SMILES string of the molecule is O=C1C=C(C2=C/C(=C3\C=CN(O)C(F)=C3)ON2)C=C([N+](=O)[O-])C1=O. The minimum absolute atomic E-state index is 0.0786. The molecule has 3 rings (SSSR count). The zero-order valence-corrected chi connectivity index (χ0v) is 11.7. The lowest BCUT2D eigenvalue weighted by Crippen LogP contribution is -2.24. The summed E-state index contributed by atoms with van der Waals surface area (Å²) in [7, 11) is 0. The fourth-order valence-electron chi connectivity index (χ4n) is 2.08. The first-order valence-corrected chi connectivity index (χ1v) is 6.46. The van der Waals surface area contributed by atoms with E-state index in [1.54, 1.807) is 0 Å².